The number of benzene rings is 1. The van der Waals surface area contributed by atoms with Crippen molar-refractivity contribution in [2.45, 2.75) is 4.90 Å². The Morgan fingerprint density at radius 1 is 1.44 bits per heavy atom. The molecule has 0 bridgehead atoms. The van der Waals surface area contributed by atoms with Crippen LogP contribution < -0.4 is 0 Å². The van der Waals surface area contributed by atoms with E-state index >= 15 is 0 Å². The van der Waals surface area contributed by atoms with Gasteiger partial charge in [0, 0.05) is 6.26 Å². The average molecular weight is 248 g/mol. The second-order valence-electron chi connectivity index (χ2n) is 3.06. The van der Waals surface area contributed by atoms with Crippen LogP contribution in [0.2, 0.25) is 0 Å². The number of rotatable bonds is 2. The van der Waals surface area contributed by atoms with Gasteiger partial charge in [0.25, 0.3) is 0 Å². The molecular weight excluding hydrogens is 239 g/mol. The highest BCUT2D eigenvalue weighted by Gasteiger charge is 2.21. The summed E-state index contributed by atoms with van der Waals surface area (Å²) < 4.78 is 39.8. The van der Waals surface area contributed by atoms with Crippen molar-refractivity contribution in [3.8, 4) is 5.75 Å². The topological polar surface area (TPSA) is 80.7 Å². The number of halogens is 1. The monoisotopic (exact) mass is 248 g/mol. The first-order valence-corrected chi connectivity index (χ1v) is 5.97. The third-order valence-corrected chi connectivity index (χ3v) is 2.95. The minimum Gasteiger partial charge on any atom is -0.507 e. The molecular formula is C9H9FO5S. The number of carbonyl (C=O) groups excluding carboxylic acids is 1. The van der Waals surface area contributed by atoms with E-state index in [0.717, 1.165) is 19.4 Å². The van der Waals surface area contributed by atoms with Gasteiger partial charge >= 0.3 is 5.97 Å². The summed E-state index contributed by atoms with van der Waals surface area (Å²) in [6.07, 6.45) is 0.860. The molecule has 0 saturated heterocycles. The molecule has 0 fully saturated rings. The zero-order valence-corrected chi connectivity index (χ0v) is 9.34. The molecule has 1 rings (SSSR count). The van der Waals surface area contributed by atoms with Crippen LogP contribution in [0.4, 0.5) is 4.39 Å². The third kappa shape index (κ3) is 2.30. The van der Waals surface area contributed by atoms with Gasteiger partial charge in [-0.15, -0.1) is 0 Å². The van der Waals surface area contributed by atoms with Crippen molar-refractivity contribution in [2.24, 2.45) is 0 Å². The fourth-order valence-corrected chi connectivity index (χ4v) is 1.73. The number of hydrogen-bond acceptors (Lipinski definition) is 5. The fourth-order valence-electron chi connectivity index (χ4n) is 1.09. The lowest BCUT2D eigenvalue weighted by Crippen LogP contribution is -2.07. The van der Waals surface area contributed by atoms with Crippen molar-refractivity contribution in [2.75, 3.05) is 13.4 Å². The highest BCUT2D eigenvalue weighted by atomic mass is 32.2. The Kier molecular flexibility index (Phi) is 3.18. The second-order valence-corrected chi connectivity index (χ2v) is 5.08. The van der Waals surface area contributed by atoms with E-state index in [1.165, 1.54) is 0 Å². The lowest BCUT2D eigenvalue weighted by Gasteiger charge is -2.06. The van der Waals surface area contributed by atoms with Crippen LogP contribution in [0.15, 0.2) is 17.0 Å². The van der Waals surface area contributed by atoms with Crippen molar-refractivity contribution >= 4 is 15.8 Å². The third-order valence-electron chi connectivity index (χ3n) is 1.86. The first kappa shape index (κ1) is 12.4. The molecule has 1 N–H and O–H groups in total. The van der Waals surface area contributed by atoms with Gasteiger partial charge in [0.15, 0.2) is 9.84 Å². The van der Waals surface area contributed by atoms with Crippen LogP contribution in [-0.2, 0) is 14.6 Å². The Bertz CT molecular complexity index is 512. The van der Waals surface area contributed by atoms with Gasteiger partial charge in [-0.3, -0.25) is 0 Å². The summed E-state index contributed by atoms with van der Waals surface area (Å²) in [6, 6.07) is 1.45. The molecule has 16 heavy (non-hydrogen) atoms. The van der Waals surface area contributed by atoms with Crippen LogP contribution in [0.1, 0.15) is 10.4 Å². The number of sulfone groups is 1. The minimum absolute atomic E-state index is 0.407. The average Bonchev–Trinajstić information content (AvgIpc) is 2.14. The summed E-state index contributed by atoms with van der Waals surface area (Å²) in [5, 5.41) is 9.33. The van der Waals surface area contributed by atoms with Gasteiger partial charge in [0.2, 0.25) is 0 Å². The van der Waals surface area contributed by atoms with Gasteiger partial charge in [0.05, 0.1) is 12.0 Å². The summed E-state index contributed by atoms with van der Waals surface area (Å²) in [6.45, 7) is 0. The normalized spacial score (nSPS) is 11.2. The zero-order chi connectivity index (χ0) is 12.5. The maximum atomic E-state index is 13.4. The van der Waals surface area contributed by atoms with Gasteiger partial charge in [-0.25, -0.2) is 17.6 Å². The van der Waals surface area contributed by atoms with Crippen molar-refractivity contribution in [3.63, 3.8) is 0 Å². The van der Waals surface area contributed by atoms with Crippen LogP contribution in [0, 0.1) is 5.82 Å². The fraction of sp³-hybridized carbons (Fsp3) is 0.222. The van der Waals surface area contributed by atoms with Crippen LogP contribution in [-0.4, -0.2) is 32.9 Å². The number of aromatic hydroxyl groups is 1. The summed E-state index contributed by atoms with van der Waals surface area (Å²) in [4.78, 5) is 10.6. The molecule has 0 spiro atoms. The maximum absolute atomic E-state index is 13.4. The Labute approximate surface area is 91.4 Å². The van der Waals surface area contributed by atoms with Crippen LogP contribution in [0.3, 0.4) is 0 Å². The lowest BCUT2D eigenvalue weighted by atomic mass is 10.2. The molecule has 0 radical (unpaired) electrons. The van der Waals surface area contributed by atoms with Gasteiger partial charge in [-0.2, -0.15) is 0 Å². The molecule has 88 valence electrons. The summed E-state index contributed by atoms with van der Waals surface area (Å²) >= 11 is 0. The van der Waals surface area contributed by atoms with E-state index in [2.05, 4.69) is 4.74 Å². The van der Waals surface area contributed by atoms with Crippen LogP contribution >= 0.6 is 0 Å². The van der Waals surface area contributed by atoms with E-state index in [4.69, 9.17) is 0 Å². The van der Waals surface area contributed by atoms with Crippen molar-refractivity contribution in [3.05, 3.63) is 23.5 Å². The van der Waals surface area contributed by atoms with E-state index in [1.54, 1.807) is 0 Å². The number of esters is 1. The first-order valence-electron chi connectivity index (χ1n) is 4.08. The SMILES string of the molecule is COC(=O)c1c(O)cc(S(C)(=O)=O)cc1F. The highest BCUT2D eigenvalue weighted by Crippen LogP contribution is 2.25. The van der Waals surface area contributed by atoms with Gasteiger partial charge in [0.1, 0.15) is 17.1 Å². The second kappa shape index (κ2) is 4.09. The molecule has 0 atom stereocenters. The lowest BCUT2D eigenvalue weighted by molar-refractivity contribution is 0.0591. The number of phenolic OH excluding ortho intramolecular Hbond substituents is 1. The number of methoxy groups -OCH3 is 1. The predicted molar refractivity (Wildman–Crippen MR) is 52.5 cm³/mol. The number of phenols is 1. The smallest absolute Gasteiger partial charge is 0.344 e. The molecule has 0 aliphatic carbocycles. The van der Waals surface area contributed by atoms with Crippen molar-refractivity contribution < 1.29 is 27.4 Å². The van der Waals surface area contributed by atoms with Crippen molar-refractivity contribution in [1.29, 1.82) is 0 Å². The number of carbonyl (C=O) groups is 1. The Hall–Kier alpha value is -1.63. The minimum atomic E-state index is -3.65. The molecule has 0 saturated carbocycles. The summed E-state index contributed by atoms with van der Waals surface area (Å²) in [7, 11) is -2.63. The largest absolute Gasteiger partial charge is 0.507 e. The zero-order valence-electron chi connectivity index (χ0n) is 8.52. The number of hydrogen-bond donors (Lipinski definition) is 1. The Morgan fingerprint density at radius 3 is 2.38 bits per heavy atom. The molecule has 1 aromatic rings. The van der Waals surface area contributed by atoms with Gasteiger partial charge < -0.3 is 9.84 Å². The standard InChI is InChI=1S/C9H9FO5S/c1-15-9(12)8-6(10)3-5(4-7(8)11)16(2,13)14/h3-4,11H,1-2H3. The summed E-state index contributed by atoms with van der Waals surface area (Å²) in [5.41, 5.74) is -0.685. The molecule has 1 aromatic carbocycles. The van der Waals surface area contributed by atoms with Crippen LogP contribution in [0.5, 0.6) is 5.75 Å². The van der Waals surface area contributed by atoms with E-state index in [9.17, 15) is 22.7 Å². The quantitative estimate of drug-likeness (QED) is 0.780. The molecule has 7 heteroatoms. The van der Waals surface area contributed by atoms with Gasteiger partial charge in [-0.05, 0) is 12.1 Å². The van der Waals surface area contributed by atoms with Crippen LogP contribution in [0.25, 0.3) is 0 Å². The molecule has 0 heterocycles. The Balaban J connectivity index is 3.46. The highest BCUT2D eigenvalue weighted by molar-refractivity contribution is 7.90. The maximum Gasteiger partial charge on any atom is 0.344 e. The molecule has 0 amide bonds. The molecule has 0 aromatic heterocycles. The van der Waals surface area contributed by atoms with E-state index in [0.29, 0.717) is 6.07 Å². The van der Waals surface area contributed by atoms with E-state index in [1.807, 2.05) is 0 Å². The Morgan fingerprint density at radius 2 is 2.00 bits per heavy atom. The molecule has 5 nitrogen and oxygen atoms in total. The molecule has 0 aliphatic rings. The molecule has 0 unspecified atom stereocenters. The van der Waals surface area contributed by atoms with E-state index in [-0.39, 0.29) is 0 Å². The number of ether oxygens (including phenoxy) is 1. The summed E-state index contributed by atoms with van der Waals surface area (Å²) in [5.74, 6) is -2.99. The predicted octanol–water partition coefficient (Wildman–Crippen LogP) is 0.721. The first-order chi connectivity index (χ1) is 7.27. The van der Waals surface area contributed by atoms with E-state index < -0.39 is 37.8 Å². The molecule has 0 aliphatic heterocycles. The van der Waals surface area contributed by atoms with Gasteiger partial charge in [-0.1, -0.05) is 0 Å². The van der Waals surface area contributed by atoms with Crippen molar-refractivity contribution in [1.82, 2.24) is 0 Å².